The first-order chi connectivity index (χ1) is 13.4. The molecule has 3 aromatic rings. The van der Waals surface area contributed by atoms with Crippen LogP contribution >= 0.6 is 11.6 Å². The van der Waals surface area contributed by atoms with Gasteiger partial charge in [0.05, 0.1) is 5.69 Å². The first-order valence-corrected chi connectivity index (χ1v) is 9.16. The Morgan fingerprint density at radius 2 is 2.00 bits per heavy atom. The molecule has 2 aromatic heterocycles. The Hall–Kier alpha value is -3.12. The Morgan fingerprint density at radius 3 is 2.75 bits per heavy atom. The molecule has 0 aliphatic carbocycles. The molecule has 2 heterocycles. The van der Waals surface area contributed by atoms with Gasteiger partial charge < -0.3 is 10.1 Å². The van der Waals surface area contributed by atoms with Gasteiger partial charge in [-0.15, -0.1) is 0 Å². The summed E-state index contributed by atoms with van der Waals surface area (Å²) in [6, 6.07) is 13.3. The maximum atomic E-state index is 12.1. The van der Waals surface area contributed by atoms with Crippen LogP contribution in [0.3, 0.4) is 0 Å². The number of fused-ring (bicyclic) bond motifs is 1. The van der Waals surface area contributed by atoms with Crippen molar-refractivity contribution in [3.05, 3.63) is 76.7 Å². The van der Waals surface area contributed by atoms with Crippen LogP contribution < -0.4 is 5.32 Å². The van der Waals surface area contributed by atoms with Gasteiger partial charge in [0.15, 0.2) is 11.3 Å². The normalized spacial score (nSPS) is 12.2. The highest BCUT2D eigenvalue weighted by atomic mass is 35.5. The average molecular weight is 398 g/mol. The fourth-order valence-electron chi connectivity index (χ4n) is 2.59. The van der Waals surface area contributed by atoms with E-state index in [4.69, 9.17) is 16.3 Å². The lowest BCUT2D eigenvalue weighted by atomic mass is 10.1. The lowest BCUT2D eigenvalue weighted by Gasteiger charge is -2.12. The van der Waals surface area contributed by atoms with Gasteiger partial charge in [-0.2, -0.15) is 0 Å². The Bertz CT molecular complexity index is 1030. The zero-order chi connectivity index (χ0) is 20.1. The van der Waals surface area contributed by atoms with Crippen molar-refractivity contribution in [1.82, 2.24) is 14.7 Å². The molecule has 0 saturated carbocycles. The van der Waals surface area contributed by atoms with E-state index in [0.717, 1.165) is 11.1 Å². The zero-order valence-electron chi connectivity index (χ0n) is 15.6. The van der Waals surface area contributed by atoms with E-state index in [1.54, 1.807) is 10.6 Å². The van der Waals surface area contributed by atoms with Gasteiger partial charge in [0.2, 0.25) is 0 Å². The highest BCUT2D eigenvalue weighted by Gasteiger charge is 2.16. The Morgan fingerprint density at radius 1 is 1.25 bits per heavy atom. The molecule has 1 amide bonds. The maximum Gasteiger partial charge on any atom is 0.331 e. The van der Waals surface area contributed by atoms with Crippen LogP contribution in [0.1, 0.15) is 23.7 Å². The summed E-state index contributed by atoms with van der Waals surface area (Å²) in [6.07, 6.45) is 3.62. The first-order valence-electron chi connectivity index (χ1n) is 8.78. The molecule has 0 saturated heterocycles. The fraction of sp³-hybridized carbons (Fsp3) is 0.190. The van der Waals surface area contributed by atoms with Gasteiger partial charge >= 0.3 is 5.97 Å². The number of benzene rings is 1. The molecule has 0 aliphatic rings. The summed E-state index contributed by atoms with van der Waals surface area (Å²) >= 11 is 6.12. The maximum absolute atomic E-state index is 12.1. The number of pyridine rings is 1. The molecule has 3 rings (SSSR count). The van der Waals surface area contributed by atoms with Crippen molar-refractivity contribution in [1.29, 1.82) is 0 Å². The third-order valence-corrected chi connectivity index (χ3v) is 4.43. The number of imidazole rings is 1. The summed E-state index contributed by atoms with van der Waals surface area (Å²) in [7, 11) is 0. The number of halogens is 1. The third kappa shape index (κ3) is 4.78. The molecule has 0 aliphatic heterocycles. The summed E-state index contributed by atoms with van der Waals surface area (Å²) in [5.41, 5.74) is 3.35. The van der Waals surface area contributed by atoms with E-state index in [2.05, 4.69) is 10.3 Å². The highest BCUT2D eigenvalue weighted by molar-refractivity contribution is 6.31. The van der Waals surface area contributed by atoms with Crippen LogP contribution in [0.25, 0.3) is 11.7 Å². The molecule has 0 fully saturated rings. The Balaban J connectivity index is 1.56. The van der Waals surface area contributed by atoms with Crippen molar-refractivity contribution in [3.8, 4) is 0 Å². The fourth-order valence-corrected chi connectivity index (χ4v) is 2.83. The second kappa shape index (κ2) is 8.71. The molecule has 0 bridgehead atoms. The van der Waals surface area contributed by atoms with Gasteiger partial charge in [-0.3, -0.25) is 9.20 Å². The number of aryl methyl sites for hydroxylation is 1. The standard InChI is InChI=1S/C21H20ClN3O3/c1-14-6-8-16(9-7-14)13-23-21(27)15(2)28-19(26)11-10-17-20(22)24-18-5-3-4-12-25(17)18/h3-12,15H,13H2,1-2H3,(H,23,27)/b11-10+/t15-/m1/s1. The molecule has 0 unspecified atom stereocenters. The number of rotatable bonds is 6. The number of aromatic nitrogens is 2. The molecular formula is C21H20ClN3O3. The van der Waals surface area contributed by atoms with Gasteiger partial charge in [0, 0.05) is 18.8 Å². The Labute approximate surface area is 167 Å². The topological polar surface area (TPSA) is 72.7 Å². The second-order valence-electron chi connectivity index (χ2n) is 6.33. The number of carbonyl (C=O) groups is 2. The number of nitrogens with zero attached hydrogens (tertiary/aromatic N) is 2. The number of hydrogen-bond donors (Lipinski definition) is 1. The van der Waals surface area contributed by atoms with E-state index in [1.807, 2.05) is 49.4 Å². The van der Waals surface area contributed by atoms with Crippen molar-refractivity contribution in [3.63, 3.8) is 0 Å². The number of ether oxygens (including phenoxy) is 1. The quantitative estimate of drug-likeness (QED) is 0.510. The van der Waals surface area contributed by atoms with Crippen molar-refractivity contribution in [2.45, 2.75) is 26.5 Å². The van der Waals surface area contributed by atoms with Crippen LogP contribution in [0.5, 0.6) is 0 Å². The minimum atomic E-state index is -0.916. The molecule has 28 heavy (non-hydrogen) atoms. The minimum Gasteiger partial charge on any atom is -0.449 e. The summed E-state index contributed by atoms with van der Waals surface area (Å²) in [6.45, 7) is 3.89. The van der Waals surface area contributed by atoms with Crippen LogP contribution in [0, 0.1) is 6.92 Å². The summed E-state index contributed by atoms with van der Waals surface area (Å²) in [4.78, 5) is 28.4. The predicted octanol–water partition coefficient (Wildman–Crippen LogP) is 3.56. The van der Waals surface area contributed by atoms with Crippen LogP contribution in [-0.4, -0.2) is 27.4 Å². The molecule has 0 radical (unpaired) electrons. The van der Waals surface area contributed by atoms with Gasteiger partial charge in [-0.05, 0) is 37.6 Å². The van der Waals surface area contributed by atoms with E-state index in [9.17, 15) is 9.59 Å². The van der Waals surface area contributed by atoms with Crippen molar-refractivity contribution < 1.29 is 14.3 Å². The number of hydrogen-bond acceptors (Lipinski definition) is 4. The van der Waals surface area contributed by atoms with Crippen LogP contribution in [0.15, 0.2) is 54.7 Å². The molecule has 6 nitrogen and oxygen atoms in total. The van der Waals surface area contributed by atoms with Crippen molar-refractivity contribution in [2.24, 2.45) is 0 Å². The summed E-state index contributed by atoms with van der Waals surface area (Å²) in [5, 5.41) is 3.03. The highest BCUT2D eigenvalue weighted by Crippen LogP contribution is 2.18. The molecule has 144 valence electrons. The average Bonchev–Trinajstić information content (AvgIpc) is 3.00. The monoisotopic (exact) mass is 397 g/mol. The van der Waals surface area contributed by atoms with Gasteiger partial charge in [0.25, 0.3) is 5.91 Å². The van der Waals surface area contributed by atoms with Crippen LogP contribution in [0.2, 0.25) is 5.15 Å². The number of nitrogens with one attached hydrogen (secondary N) is 1. The smallest absolute Gasteiger partial charge is 0.331 e. The number of esters is 1. The van der Waals surface area contributed by atoms with Crippen molar-refractivity contribution >= 4 is 35.2 Å². The summed E-state index contributed by atoms with van der Waals surface area (Å²) in [5.74, 6) is -1.00. The van der Waals surface area contributed by atoms with E-state index in [1.165, 1.54) is 19.1 Å². The predicted molar refractivity (Wildman–Crippen MR) is 108 cm³/mol. The van der Waals surface area contributed by atoms with Gasteiger partial charge in [-0.25, -0.2) is 9.78 Å². The van der Waals surface area contributed by atoms with E-state index < -0.39 is 12.1 Å². The van der Waals surface area contributed by atoms with E-state index in [0.29, 0.717) is 17.9 Å². The lowest BCUT2D eigenvalue weighted by Crippen LogP contribution is -2.35. The van der Waals surface area contributed by atoms with Gasteiger partial charge in [-0.1, -0.05) is 47.5 Å². The largest absolute Gasteiger partial charge is 0.449 e. The summed E-state index contributed by atoms with van der Waals surface area (Å²) < 4.78 is 6.91. The zero-order valence-corrected chi connectivity index (χ0v) is 16.3. The minimum absolute atomic E-state index is 0.277. The van der Waals surface area contributed by atoms with Crippen LogP contribution in [-0.2, 0) is 20.9 Å². The SMILES string of the molecule is Cc1ccc(CNC(=O)[C@@H](C)OC(=O)/C=C/c2c(Cl)nc3ccccn23)cc1. The molecule has 1 aromatic carbocycles. The number of amides is 1. The number of carbonyl (C=O) groups excluding carboxylic acids is 2. The molecule has 0 spiro atoms. The van der Waals surface area contributed by atoms with Crippen LogP contribution in [0.4, 0.5) is 0 Å². The third-order valence-electron chi connectivity index (χ3n) is 4.15. The first kappa shape index (κ1) is 19.6. The second-order valence-corrected chi connectivity index (χ2v) is 6.69. The van der Waals surface area contributed by atoms with E-state index >= 15 is 0 Å². The molecule has 7 heteroatoms. The molecule has 1 N–H and O–H groups in total. The molecule has 1 atom stereocenters. The van der Waals surface area contributed by atoms with E-state index in [-0.39, 0.29) is 11.1 Å². The molecular weight excluding hydrogens is 378 g/mol. The lowest BCUT2D eigenvalue weighted by molar-refractivity contribution is -0.150. The Kier molecular flexibility index (Phi) is 6.11. The van der Waals surface area contributed by atoms with Crippen molar-refractivity contribution in [2.75, 3.05) is 0 Å². The van der Waals surface area contributed by atoms with Gasteiger partial charge in [0.1, 0.15) is 5.65 Å².